The highest BCUT2D eigenvalue weighted by Gasteiger charge is 2.18. The zero-order valence-corrected chi connectivity index (χ0v) is 12.0. The van der Waals surface area contributed by atoms with Crippen LogP contribution in [0.5, 0.6) is 0 Å². The molecule has 0 bridgehead atoms. The van der Waals surface area contributed by atoms with Crippen molar-refractivity contribution in [3.63, 3.8) is 0 Å². The molecule has 19 heavy (non-hydrogen) atoms. The second-order valence-electron chi connectivity index (χ2n) is 3.95. The topological polar surface area (TPSA) is 65.0 Å². The van der Waals surface area contributed by atoms with Crippen LogP contribution in [0.1, 0.15) is 23.8 Å². The maximum absolute atomic E-state index is 5.26. The van der Waals surface area contributed by atoms with Gasteiger partial charge in [-0.3, -0.25) is 0 Å². The van der Waals surface area contributed by atoms with E-state index in [1.54, 1.807) is 41.5 Å². The SMILES string of the molecule is Cc1csc(SC(C)c2nc(-c3ccco3)no2)n1. The largest absolute Gasteiger partial charge is 0.461 e. The minimum Gasteiger partial charge on any atom is -0.461 e. The van der Waals surface area contributed by atoms with E-state index < -0.39 is 0 Å². The van der Waals surface area contributed by atoms with Crippen molar-refractivity contribution in [2.24, 2.45) is 0 Å². The highest BCUT2D eigenvalue weighted by molar-refractivity contribution is 8.01. The maximum Gasteiger partial charge on any atom is 0.240 e. The average Bonchev–Trinajstić information content (AvgIpc) is 3.08. The molecule has 5 nitrogen and oxygen atoms in total. The van der Waals surface area contributed by atoms with Crippen LogP contribution in [0, 0.1) is 6.92 Å². The van der Waals surface area contributed by atoms with Crippen LogP contribution in [0.25, 0.3) is 11.6 Å². The third-order valence-electron chi connectivity index (χ3n) is 2.41. The van der Waals surface area contributed by atoms with Crippen LogP contribution in [-0.2, 0) is 0 Å². The molecule has 3 heterocycles. The van der Waals surface area contributed by atoms with Gasteiger partial charge in [-0.1, -0.05) is 16.9 Å². The molecule has 3 aromatic rings. The van der Waals surface area contributed by atoms with Gasteiger partial charge in [0.25, 0.3) is 0 Å². The van der Waals surface area contributed by atoms with Crippen molar-refractivity contribution < 1.29 is 8.94 Å². The molecule has 0 saturated heterocycles. The standard InChI is InChI=1S/C12H11N3O2S2/c1-7-6-18-12(13-7)19-8(2)11-14-10(15-17-11)9-4-3-5-16-9/h3-6,8H,1-2H3. The van der Waals surface area contributed by atoms with Gasteiger partial charge in [0, 0.05) is 11.1 Å². The van der Waals surface area contributed by atoms with E-state index in [-0.39, 0.29) is 5.25 Å². The predicted octanol–water partition coefficient (Wildman–Crippen LogP) is 3.95. The molecule has 98 valence electrons. The summed E-state index contributed by atoms with van der Waals surface area (Å²) in [6.07, 6.45) is 1.59. The smallest absolute Gasteiger partial charge is 0.240 e. The van der Waals surface area contributed by atoms with Gasteiger partial charge in [-0.15, -0.1) is 11.3 Å². The van der Waals surface area contributed by atoms with Gasteiger partial charge < -0.3 is 8.94 Å². The van der Waals surface area contributed by atoms with Crippen molar-refractivity contribution in [2.75, 3.05) is 0 Å². The number of nitrogens with zero attached hydrogens (tertiary/aromatic N) is 3. The Labute approximate surface area is 118 Å². The summed E-state index contributed by atoms with van der Waals surface area (Å²) in [4.78, 5) is 8.75. The molecule has 0 aliphatic carbocycles. The first-order chi connectivity index (χ1) is 9.22. The van der Waals surface area contributed by atoms with Gasteiger partial charge in [0.15, 0.2) is 10.1 Å². The van der Waals surface area contributed by atoms with E-state index in [9.17, 15) is 0 Å². The lowest BCUT2D eigenvalue weighted by Crippen LogP contribution is -1.88. The minimum atomic E-state index is 0.0572. The van der Waals surface area contributed by atoms with Crippen molar-refractivity contribution in [3.8, 4) is 11.6 Å². The monoisotopic (exact) mass is 293 g/mol. The number of hydrogen-bond donors (Lipinski definition) is 0. The van der Waals surface area contributed by atoms with Gasteiger partial charge in [-0.2, -0.15) is 4.98 Å². The normalized spacial score (nSPS) is 12.7. The van der Waals surface area contributed by atoms with Crippen LogP contribution >= 0.6 is 23.1 Å². The third kappa shape index (κ3) is 2.71. The maximum atomic E-state index is 5.26. The fourth-order valence-corrected chi connectivity index (χ4v) is 3.51. The Kier molecular flexibility index (Phi) is 3.39. The van der Waals surface area contributed by atoms with Crippen molar-refractivity contribution in [3.05, 3.63) is 35.4 Å². The van der Waals surface area contributed by atoms with Gasteiger partial charge >= 0.3 is 0 Å². The molecule has 0 fully saturated rings. The van der Waals surface area contributed by atoms with Crippen LogP contribution < -0.4 is 0 Å². The molecule has 1 atom stereocenters. The lowest BCUT2D eigenvalue weighted by Gasteiger charge is -2.01. The van der Waals surface area contributed by atoms with E-state index in [2.05, 4.69) is 15.1 Å². The highest BCUT2D eigenvalue weighted by Crippen LogP contribution is 2.36. The quantitative estimate of drug-likeness (QED) is 0.679. The zero-order chi connectivity index (χ0) is 13.2. The molecule has 3 rings (SSSR count). The average molecular weight is 293 g/mol. The molecule has 0 aromatic carbocycles. The van der Waals surface area contributed by atoms with Gasteiger partial charge in [-0.25, -0.2) is 4.98 Å². The van der Waals surface area contributed by atoms with Crippen LogP contribution in [-0.4, -0.2) is 15.1 Å². The zero-order valence-electron chi connectivity index (χ0n) is 10.4. The van der Waals surface area contributed by atoms with Crippen molar-refractivity contribution in [2.45, 2.75) is 23.4 Å². The predicted molar refractivity (Wildman–Crippen MR) is 73.1 cm³/mol. The summed E-state index contributed by atoms with van der Waals surface area (Å²) in [5.74, 6) is 1.66. The summed E-state index contributed by atoms with van der Waals surface area (Å²) in [5.41, 5.74) is 1.03. The summed E-state index contributed by atoms with van der Waals surface area (Å²) >= 11 is 3.23. The lowest BCUT2D eigenvalue weighted by atomic mass is 10.4. The van der Waals surface area contributed by atoms with E-state index >= 15 is 0 Å². The summed E-state index contributed by atoms with van der Waals surface area (Å²) in [7, 11) is 0. The summed E-state index contributed by atoms with van der Waals surface area (Å²) in [6.45, 7) is 3.99. The molecule has 3 aromatic heterocycles. The van der Waals surface area contributed by atoms with Crippen molar-refractivity contribution in [1.29, 1.82) is 0 Å². The summed E-state index contributed by atoms with van der Waals surface area (Å²) in [5, 5.41) is 6.00. The van der Waals surface area contributed by atoms with Crippen LogP contribution in [0.3, 0.4) is 0 Å². The molecule has 0 amide bonds. The van der Waals surface area contributed by atoms with Gasteiger partial charge in [-0.05, 0) is 26.0 Å². The van der Waals surface area contributed by atoms with E-state index in [1.807, 2.05) is 19.2 Å². The van der Waals surface area contributed by atoms with Crippen molar-refractivity contribution in [1.82, 2.24) is 15.1 Å². The van der Waals surface area contributed by atoms with E-state index in [0.29, 0.717) is 17.5 Å². The van der Waals surface area contributed by atoms with Crippen LogP contribution in [0.4, 0.5) is 0 Å². The first-order valence-electron chi connectivity index (χ1n) is 5.68. The molecule has 0 saturated carbocycles. The summed E-state index contributed by atoms with van der Waals surface area (Å²) < 4.78 is 11.5. The van der Waals surface area contributed by atoms with Gasteiger partial charge in [0.2, 0.25) is 11.7 Å². The molecule has 0 spiro atoms. The minimum absolute atomic E-state index is 0.0572. The number of rotatable bonds is 4. The Balaban J connectivity index is 1.75. The molecule has 0 radical (unpaired) electrons. The summed E-state index contributed by atoms with van der Waals surface area (Å²) in [6, 6.07) is 3.60. The molecule has 0 N–H and O–H groups in total. The number of hydrogen-bond acceptors (Lipinski definition) is 7. The first-order valence-corrected chi connectivity index (χ1v) is 7.44. The van der Waals surface area contributed by atoms with Crippen LogP contribution in [0.2, 0.25) is 0 Å². The molecule has 0 aliphatic heterocycles. The molecule has 0 aliphatic rings. The third-order valence-corrected chi connectivity index (χ3v) is 4.58. The molecule has 1 unspecified atom stereocenters. The second kappa shape index (κ2) is 5.18. The Morgan fingerprint density at radius 3 is 2.95 bits per heavy atom. The van der Waals surface area contributed by atoms with E-state index in [0.717, 1.165) is 10.0 Å². The second-order valence-corrected chi connectivity index (χ2v) is 6.39. The number of furan rings is 1. The van der Waals surface area contributed by atoms with Crippen molar-refractivity contribution >= 4 is 23.1 Å². The van der Waals surface area contributed by atoms with E-state index in [1.165, 1.54) is 0 Å². The number of aromatic nitrogens is 3. The molecular formula is C12H11N3O2S2. The lowest BCUT2D eigenvalue weighted by molar-refractivity contribution is 0.379. The Bertz CT molecular complexity index is 660. The molecular weight excluding hydrogens is 282 g/mol. The van der Waals surface area contributed by atoms with E-state index in [4.69, 9.17) is 8.94 Å². The van der Waals surface area contributed by atoms with Crippen LogP contribution in [0.15, 0.2) is 37.1 Å². The molecule has 7 heteroatoms. The number of thioether (sulfide) groups is 1. The Morgan fingerprint density at radius 2 is 2.26 bits per heavy atom. The Morgan fingerprint density at radius 1 is 1.37 bits per heavy atom. The highest BCUT2D eigenvalue weighted by atomic mass is 32.2. The number of aryl methyl sites for hydroxylation is 1. The van der Waals surface area contributed by atoms with Gasteiger partial charge in [0.1, 0.15) is 0 Å². The van der Waals surface area contributed by atoms with Gasteiger partial charge in [0.05, 0.1) is 11.5 Å². The first kappa shape index (κ1) is 12.4. The number of thiazole rings is 1. The Hall–Kier alpha value is -1.60. The fourth-order valence-electron chi connectivity index (χ4n) is 1.49. The fraction of sp³-hybridized carbons (Fsp3) is 0.250.